The molecule has 1 aliphatic rings. The number of carbonyl (C=O) groups is 2. The number of primary amides is 1. The molecule has 168 valence electrons. The summed E-state index contributed by atoms with van der Waals surface area (Å²) in [4.78, 5) is 27.9. The Morgan fingerprint density at radius 1 is 1.25 bits per heavy atom. The third kappa shape index (κ3) is 3.54. The van der Waals surface area contributed by atoms with Crippen LogP contribution >= 0.6 is 15.9 Å². The van der Waals surface area contributed by atoms with Gasteiger partial charge in [0.25, 0.3) is 5.91 Å². The number of nitrogens with zero attached hydrogens (tertiary/aromatic N) is 3. The summed E-state index contributed by atoms with van der Waals surface area (Å²) in [6, 6.07) is 8.20. The van der Waals surface area contributed by atoms with Gasteiger partial charge in [0.05, 0.1) is 16.5 Å². The van der Waals surface area contributed by atoms with Crippen molar-refractivity contribution < 1.29 is 34.5 Å². The Hall–Kier alpha value is -3.26. The summed E-state index contributed by atoms with van der Waals surface area (Å²) in [5, 5.41) is 39.3. The van der Waals surface area contributed by atoms with Crippen LogP contribution in [0.5, 0.6) is 0 Å². The molecular weight excluding hydrogens is 490 g/mol. The maximum atomic E-state index is 12.2. The SMILES string of the molecule is N=c1ncn(O)c2c1c(C(N)=O)c(Br)n2[C@H]1O[C@@H](COC(=O)c2ccccc2)[C@H](O)[C@@H]1O. The average Bonchev–Trinajstić information content (AvgIpc) is 3.24. The van der Waals surface area contributed by atoms with Crippen molar-refractivity contribution in [3.8, 4) is 0 Å². The molecule has 4 rings (SSSR count). The van der Waals surface area contributed by atoms with Gasteiger partial charge < -0.3 is 30.6 Å². The number of nitrogens with one attached hydrogen (secondary N) is 1. The number of esters is 1. The second-order valence-corrected chi connectivity index (χ2v) is 7.80. The highest BCUT2D eigenvalue weighted by atomic mass is 79.9. The average molecular weight is 508 g/mol. The van der Waals surface area contributed by atoms with E-state index in [1.54, 1.807) is 30.3 Å². The van der Waals surface area contributed by atoms with Crippen LogP contribution in [0.1, 0.15) is 26.9 Å². The van der Waals surface area contributed by atoms with Crippen LogP contribution < -0.4 is 11.2 Å². The second-order valence-electron chi connectivity index (χ2n) is 7.05. The van der Waals surface area contributed by atoms with Crippen molar-refractivity contribution in [1.82, 2.24) is 14.3 Å². The first-order valence-electron chi connectivity index (χ1n) is 9.30. The number of benzene rings is 1. The number of rotatable bonds is 5. The van der Waals surface area contributed by atoms with Crippen molar-refractivity contribution in [3.63, 3.8) is 0 Å². The molecule has 0 aliphatic carbocycles. The topological polar surface area (TPSA) is 186 Å². The largest absolute Gasteiger partial charge is 0.459 e. The molecule has 0 saturated carbocycles. The minimum Gasteiger partial charge on any atom is -0.459 e. The number of amides is 1. The number of aromatic nitrogens is 3. The smallest absolute Gasteiger partial charge is 0.338 e. The van der Waals surface area contributed by atoms with Crippen LogP contribution in [0.2, 0.25) is 0 Å². The Balaban J connectivity index is 1.67. The van der Waals surface area contributed by atoms with Gasteiger partial charge in [-0.3, -0.25) is 14.8 Å². The minimum absolute atomic E-state index is 0.00230. The van der Waals surface area contributed by atoms with Crippen LogP contribution in [-0.2, 0) is 9.47 Å². The van der Waals surface area contributed by atoms with Crippen LogP contribution in [0.3, 0.4) is 0 Å². The molecule has 1 amide bonds. The van der Waals surface area contributed by atoms with E-state index in [4.69, 9.17) is 20.6 Å². The first-order valence-corrected chi connectivity index (χ1v) is 10.1. The number of aliphatic hydroxyl groups excluding tert-OH is 2. The predicted molar refractivity (Wildman–Crippen MR) is 110 cm³/mol. The molecule has 13 heteroatoms. The van der Waals surface area contributed by atoms with E-state index in [1.165, 1.54) is 4.57 Å². The van der Waals surface area contributed by atoms with E-state index in [2.05, 4.69) is 20.9 Å². The quantitative estimate of drug-likeness (QED) is 0.233. The number of carbonyl (C=O) groups excluding carboxylic acids is 2. The fourth-order valence-corrected chi connectivity index (χ4v) is 4.35. The van der Waals surface area contributed by atoms with Crippen molar-refractivity contribution in [2.75, 3.05) is 6.61 Å². The third-order valence-electron chi connectivity index (χ3n) is 5.10. The lowest BCUT2D eigenvalue weighted by Crippen LogP contribution is -2.34. The highest BCUT2D eigenvalue weighted by molar-refractivity contribution is 9.10. The molecular formula is C19H18BrN5O7. The zero-order valence-corrected chi connectivity index (χ0v) is 17.8. The number of aliphatic hydroxyl groups is 2. The van der Waals surface area contributed by atoms with Crippen LogP contribution in [0.15, 0.2) is 41.3 Å². The summed E-state index contributed by atoms with van der Waals surface area (Å²) in [6.07, 6.45) is -4.51. The molecule has 0 bridgehead atoms. The molecule has 1 fully saturated rings. The second kappa shape index (κ2) is 8.35. The number of fused-ring (bicyclic) bond motifs is 1. The Bertz CT molecular complexity index is 1260. The Morgan fingerprint density at radius 2 is 1.94 bits per heavy atom. The van der Waals surface area contributed by atoms with E-state index in [1.807, 2.05) is 0 Å². The third-order valence-corrected chi connectivity index (χ3v) is 5.87. The summed E-state index contributed by atoms with van der Waals surface area (Å²) >= 11 is 3.20. The van der Waals surface area contributed by atoms with Crippen LogP contribution in [-0.4, -0.2) is 66.5 Å². The van der Waals surface area contributed by atoms with Gasteiger partial charge in [0.2, 0.25) is 0 Å². The van der Waals surface area contributed by atoms with Gasteiger partial charge in [-0.2, -0.15) is 4.73 Å². The lowest BCUT2D eigenvalue weighted by Gasteiger charge is -2.19. The van der Waals surface area contributed by atoms with E-state index >= 15 is 0 Å². The lowest BCUT2D eigenvalue weighted by atomic mass is 10.1. The Labute approximate surface area is 188 Å². The first-order chi connectivity index (χ1) is 15.2. The summed E-state index contributed by atoms with van der Waals surface area (Å²) < 4.78 is 12.6. The number of ether oxygens (including phenoxy) is 2. The normalized spacial score (nSPS) is 22.8. The van der Waals surface area contributed by atoms with Crippen molar-refractivity contribution in [2.24, 2.45) is 5.73 Å². The molecule has 1 saturated heterocycles. The van der Waals surface area contributed by atoms with E-state index in [0.29, 0.717) is 10.3 Å². The lowest BCUT2D eigenvalue weighted by molar-refractivity contribution is -0.0579. The van der Waals surface area contributed by atoms with Crippen LogP contribution in [0.25, 0.3) is 11.0 Å². The summed E-state index contributed by atoms with van der Waals surface area (Å²) in [5.74, 6) is -1.55. The number of nitrogens with two attached hydrogens (primary N) is 1. The van der Waals surface area contributed by atoms with Crippen molar-refractivity contribution in [1.29, 1.82) is 5.41 Å². The Morgan fingerprint density at radius 3 is 2.59 bits per heavy atom. The molecule has 32 heavy (non-hydrogen) atoms. The van der Waals surface area contributed by atoms with Crippen molar-refractivity contribution in [3.05, 3.63) is 57.9 Å². The zero-order valence-electron chi connectivity index (χ0n) is 16.3. The molecule has 4 atom stereocenters. The van der Waals surface area contributed by atoms with Gasteiger partial charge in [-0.1, -0.05) is 18.2 Å². The molecule has 3 aromatic rings. The van der Waals surface area contributed by atoms with E-state index in [-0.39, 0.29) is 33.3 Å². The van der Waals surface area contributed by atoms with E-state index in [9.17, 15) is 25.0 Å². The van der Waals surface area contributed by atoms with Gasteiger partial charge >= 0.3 is 5.97 Å². The van der Waals surface area contributed by atoms with Gasteiger partial charge in [0, 0.05) is 0 Å². The first kappa shape index (κ1) is 22.0. The fraction of sp³-hybridized carbons (Fsp3) is 0.263. The number of halogens is 1. The molecule has 0 spiro atoms. The molecule has 2 aromatic heterocycles. The van der Waals surface area contributed by atoms with Gasteiger partial charge in [-0.15, -0.1) is 0 Å². The standard InChI is InChI=1S/C19H18BrN5O7/c20-14-10(16(22)28)11-15(21)23-7-24(30)17(11)25(14)18-13(27)12(26)9(32-18)6-31-19(29)8-4-2-1-3-5-8/h1-5,7,9,12-13,18,21,26-27,30H,6H2,(H2,22,28)/t9-,12-,13-,18-/m0/s1. The maximum Gasteiger partial charge on any atom is 0.338 e. The number of hydrogen-bond acceptors (Lipinski definition) is 9. The molecule has 0 radical (unpaired) electrons. The summed E-state index contributed by atoms with van der Waals surface area (Å²) in [5.41, 5.74) is 5.12. The molecule has 6 N–H and O–H groups in total. The van der Waals surface area contributed by atoms with Crippen LogP contribution in [0.4, 0.5) is 0 Å². The van der Waals surface area contributed by atoms with Crippen molar-refractivity contribution >= 4 is 38.8 Å². The number of hydrogen-bond donors (Lipinski definition) is 5. The zero-order chi connectivity index (χ0) is 23.2. The van der Waals surface area contributed by atoms with Crippen LogP contribution in [0, 0.1) is 5.41 Å². The highest BCUT2D eigenvalue weighted by Gasteiger charge is 2.46. The minimum atomic E-state index is -1.54. The van der Waals surface area contributed by atoms with Gasteiger partial charge in [0.1, 0.15) is 35.8 Å². The van der Waals surface area contributed by atoms with Gasteiger partial charge in [0.15, 0.2) is 17.4 Å². The molecule has 1 aliphatic heterocycles. The highest BCUT2D eigenvalue weighted by Crippen LogP contribution is 2.37. The Kier molecular flexibility index (Phi) is 5.73. The predicted octanol–water partition coefficient (Wildman–Crippen LogP) is -0.108. The molecule has 0 unspecified atom stereocenters. The maximum absolute atomic E-state index is 12.2. The monoisotopic (exact) mass is 507 g/mol. The summed E-state index contributed by atoms with van der Waals surface area (Å²) in [6.45, 7) is -0.369. The van der Waals surface area contributed by atoms with E-state index in [0.717, 1.165) is 6.33 Å². The molecule has 1 aromatic carbocycles. The molecule has 3 heterocycles. The van der Waals surface area contributed by atoms with E-state index < -0.39 is 36.4 Å². The molecule has 12 nitrogen and oxygen atoms in total. The summed E-state index contributed by atoms with van der Waals surface area (Å²) in [7, 11) is 0. The van der Waals surface area contributed by atoms with Crippen molar-refractivity contribution in [2.45, 2.75) is 24.5 Å². The van der Waals surface area contributed by atoms with Gasteiger partial charge in [-0.05, 0) is 28.1 Å². The fourth-order valence-electron chi connectivity index (χ4n) is 3.58. The van der Waals surface area contributed by atoms with Gasteiger partial charge in [-0.25, -0.2) is 9.78 Å².